The van der Waals surface area contributed by atoms with E-state index >= 15 is 0 Å². The maximum absolute atomic E-state index is 11.9. The smallest absolute Gasteiger partial charge is 0.308 e. The minimum atomic E-state index is -1.13. The number of aliphatic carboxylic acids is 1. The van der Waals surface area contributed by atoms with E-state index in [0.29, 0.717) is 11.4 Å². The number of nitrogens with one attached hydrogen (secondary N) is 1. The lowest BCUT2D eigenvalue weighted by molar-refractivity contribution is -0.136. The Kier molecular flexibility index (Phi) is 3.51. The van der Waals surface area contributed by atoms with E-state index in [1.165, 1.54) is 0 Å². The van der Waals surface area contributed by atoms with Crippen molar-refractivity contribution < 1.29 is 9.90 Å². The molecule has 2 aromatic heterocycles. The first-order valence-corrected chi connectivity index (χ1v) is 5.93. The van der Waals surface area contributed by atoms with Gasteiger partial charge in [0.25, 0.3) is 5.56 Å². The summed E-state index contributed by atoms with van der Waals surface area (Å²) in [6, 6.07) is 3.53. The lowest BCUT2D eigenvalue weighted by Gasteiger charge is -2.07. The maximum Gasteiger partial charge on any atom is 0.308 e. The number of hydrogen-bond donors (Lipinski definition) is 3. The molecule has 0 aliphatic rings. The third-order valence-corrected chi connectivity index (χ3v) is 2.73. The molecular weight excluding hydrogens is 260 g/mol. The van der Waals surface area contributed by atoms with Crippen molar-refractivity contribution in [2.24, 2.45) is 0 Å². The van der Waals surface area contributed by atoms with Crippen LogP contribution in [-0.2, 0) is 11.2 Å². The molecule has 7 nitrogen and oxygen atoms in total. The number of hydrogen-bond acceptors (Lipinski definition) is 5. The van der Waals surface area contributed by atoms with Crippen LogP contribution in [0.3, 0.4) is 0 Å². The van der Waals surface area contributed by atoms with E-state index in [2.05, 4.69) is 15.0 Å². The Morgan fingerprint density at radius 3 is 2.40 bits per heavy atom. The summed E-state index contributed by atoms with van der Waals surface area (Å²) in [6.45, 7) is 3.66. The average Bonchev–Trinajstić information content (AvgIpc) is 2.32. The van der Waals surface area contributed by atoms with Gasteiger partial charge in [-0.15, -0.1) is 0 Å². The predicted octanol–water partition coefficient (Wildman–Crippen LogP) is 0.658. The number of nitrogens with two attached hydrogens (primary N) is 1. The monoisotopic (exact) mass is 274 g/mol. The van der Waals surface area contributed by atoms with Crippen LogP contribution in [0.1, 0.15) is 17.0 Å². The number of aromatic amines is 1. The lowest BCUT2D eigenvalue weighted by Crippen LogP contribution is -2.21. The van der Waals surface area contributed by atoms with E-state index in [0.717, 1.165) is 11.4 Å². The molecule has 0 saturated carbocycles. The highest BCUT2D eigenvalue weighted by atomic mass is 16.4. The van der Waals surface area contributed by atoms with E-state index in [4.69, 9.17) is 10.8 Å². The summed E-state index contributed by atoms with van der Waals surface area (Å²) in [5.41, 5.74) is 7.35. The molecule has 0 amide bonds. The highest BCUT2D eigenvalue weighted by Gasteiger charge is 2.13. The fourth-order valence-electron chi connectivity index (χ4n) is 1.95. The molecule has 0 fully saturated rings. The number of rotatable bonds is 3. The quantitative estimate of drug-likeness (QED) is 0.755. The molecule has 0 unspecified atom stereocenters. The Bertz CT molecular complexity index is 717. The first-order chi connectivity index (χ1) is 9.36. The number of pyridine rings is 1. The summed E-state index contributed by atoms with van der Waals surface area (Å²) >= 11 is 0. The third-order valence-electron chi connectivity index (χ3n) is 2.73. The predicted molar refractivity (Wildman–Crippen MR) is 73.3 cm³/mol. The standard InChI is InChI=1S/C13H14N4O3/c1-6-3-8(4-7(2)15-6)12-16-11(14)9(5-10(18)19)13(20)17-12/h3-4H,5H2,1-2H3,(H,18,19)(H3,14,16,17,20). The summed E-state index contributed by atoms with van der Waals surface area (Å²) in [4.78, 5) is 33.4. The van der Waals surface area contributed by atoms with Crippen molar-refractivity contribution in [2.45, 2.75) is 20.3 Å². The minimum Gasteiger partial charge on any atom is -0.481 e. The summed E-state index contributed by atoms with van der Waals surface area (Å²) in [7, 11) is 0. The number of carboxylic acid groups (broad SMARTS) is 1. The third kappa shape index (κ3) is 2.82. The number of H-pyrrole nitrogens is 1. The minimum absolute atomic E-state index is 0.0382. The summed E-state index contributed by atoms with van der Waals surface area (Å²) in [5, 5.41) is 8.73. The molecule has 0 bridgehead atoms. The molecule has 0 spiro atoms. The Morgan fingerprint density at radius 2 is 1.90 bits per heavy atom. The zero-order valence-electron chi connectivity index (χ0n) is 11.1. The topological polar surface area (TPSA) is 122 Å². The SMILES string of the molecule is Cc1cc(-c2nc(N)c(CC(=O)O)c(=O)[nH]2)cc(C)n1. The number of carboxylic acids is 1. The fourth-order valence-corrected chi connectivity index (χ4v) is 1.95. The van der Waals surface area contributed by atoms with Crippen molar-refractivity contribution in [1.29, 1.82) is 0 Å². The summed E-state index contributed by atoms with van der Waals surface area (Å²) < 4.78 is 0. The van der Waals surface area contributed by atoms with Gasteiger partial charge in [-0.05, 0) is 26.0 Å². The molecule has 2 aromatic rings. The van der Waals surface area contributed by atoms with Crippen molar-refractivity contribution in [3.05, 3.63) is 39.4 Å². The first-order valence-electron chi connectivity index (χ1n) is 5.93. The van der Waals surface area contributed by atoms with Crippen molar-refractivity contribution in [2.75, 3.05) is 5.73 Å². The number of aromatic nitrogens is 3. The number of nitrogens with zero attached hydrogens (tertiary/aromatic N) is 2. The molecule has 0 aliphatic carbocycles. The van der Waals surface area contributed by atoms with Gasteiger partial charge < -0.3 is 15.8 Å². The van der Waals surface area contributed by atoms with E-state index < -0.39 is 17.9 Å². The van der Waals surface area contributed by atoms with Crippen LogP contribution in [0.4, 0.5) is 5.82 Å². The molecule has 2 rings (SSSR count). The van der Waals surface area contributed by atoms with E-state index in [-0.39, 0.29) is 11.4 Å². The van der Waals surface area contributed by atoms with Crippen molar-refractivity contribution >= 4 is 11.8 Å². The van der Waals surface area contributed by atoms with E-state index in [9.17, 15) is 9.59 Å². The van der Waals surface area contributed by atoms with Gasteiger partial charge in [0.15, 0.2) is 0 Å². The van der Waals surface area contributed by atoms with Gasteiger partial charge in [0.2, 0.25) is 0 Å². The highest BCUT2D eigenvalue weighted by molar-refractivity contribution is 5.72. The van der Waals surface area contributed by atoms with Gasteiger partial charge in [-0.25, -0.2) is 4.98 Å². The summed E-state index contributed by atoms with van der Waals surface area (Å²) in [5.74, 6) is -0.902. The zero-order valence-corrected chi connectivity index (χ0v) is 11.1. The van der Waals surface area contributed by atoms with Crippen LogP contribution in [0.25, 0.3) is 11.4 Å². The second-order valence-corrected chi connectivity index (χ2v) is 4.49. The molecule has 104 valence electrons. The molecule has 0 aromatic carbocycles. The Morgan fingerprint density at radius 1 is 1.30 bits per heavy atom. The van der Waals surface area contributed by atoms with Gasteiger partial charge in [-0.1, -0.05) is 0 Å². The largest absolute Gasteiger partial charge is 0.481 e. The Labute approximate surface area is 114 Å². The van der Waals surface area contributed by atoms with E-state index in [1.54, 1.807) is 12.1 Å². The molecule has 0 saturated heterocycles. The lowest BCUT2D eigenvalue weighted by atomic mass is 10.1. The summed E-state index contributed by atoms with van der Waals surface area (Å²) in [6.07, 6.45) is -0.456. The van der Waals surface area contributed by atoms with Gasteiger partial charge in [0.1, 0.15) is 11.6 Å². The van der Waals surface area contributed by atoms with Crippen molar-refractivity contribution in [3.63, 3.8) is 0 Å². The maximum atomic E-state index is 11.9. The van der Waals surface area contributed by atoms with Crippen molar-refractivity contribution in [1.82, 2.24) is 15.0 Å². The van der Waals surface area contributed by atoms with Crippen LogP contribution in [0.2, 0.25) is 0 Å². The van der Waals surface area contributed by atoms with Gasteiger partial charge in [-0.3, -0.25) is 14.6 Å². The normalized spacial score (nSPS) is 10.5. The van der Waals surface area contributed by atoms with Crippen LogP contribution in [0, 0.1) is 13.8 Å². The van der Waals surface area contributed by atoms with Crippen LogP contribution >= 0.6 is 0 Å². The molecule has 4 N–H and O–H groups in total. The fraction of sp³-hybridized carbons (Fsp3) is 0.231. The molecule has 0 aliphatic heterocycles. The van der Waals surface area contributed by atoms with Crippen molar-refractivity contribution in [3.8, 4) is 11.4 Å². The van der Waals surface area contributed by atoms with Crippen LogP contribution < -0.4 is 11.3 Å². The van der Waals surface area contributed by atoms with Crippen LogP contribution in [0.15, 0.2) is 16.9 Å². The molecule has 2 heterocycles. The first kappa shape index (κ1) is 13.7. The van der Waals surface area contributed by atoms with E-state index in [1.807, 2.05) is 13.8 Å². The highest BCUT2D eigenvalue weighted by Crippen LogP contribution is 2.17. The molecule has 0 atom stereocenters. The van der Waals surface area contributed by atoms with Crippen LogP contribution in [0.5, 0.6) is 0 Å². The van der Waals surface area contributed by atoms with Gasteiger partial charge in [0, 0.05) is 17.0 Å². The van der Waals surface area contributed by atoms with Gasteiger partial charge in [-0.2, -0.15) is 0 Å². The Balaban J connectivity index is 2.54. The molecule has 7 heteroatoms. The average molecular weight is 274 g/mol. The molecule has 20 heavy (non-hydrogen) atoms. The number of carbonyl (C=O) groups is 1. The molecular formula is C13H14N4O3. The molecule has 0 radical (unpaired) electrons. The Hall–Kier alpha value is -2.70. The number of aryl methyl sites for hydroxylation is 2. The number of nitrogen functional groups attached to an aromatic ring is 1. The van der Waals surface area contributed by atoms with Gasteiger partial charge in [0.05, 0.1) is 12.0 Å². The number of anilines is 1. The second kappa shape index (κ2) is 5.12. The second-order valence-electron chi connectivity index (χ2n) is 4.49. The zero-order chi connectivity index (χ0) is 14.9. The van der Waals surface area contributed by atoms with Crippen LogP contribution in [-0.4, -0.2) is 26.0 Å². The van der Waals surface area contributed by atoms with Gasteiger partial charge >= 0.3 is 5.97 Å².